The molecule has 3 rings (SSSR count). The quantitative estimate of drug-likeness (QED) is 0.917. The zero-order valence-electron chi connectivity index (χ0n) is 11.8. The Kier molecular flexibility index (Phi) is 3.76. The number of aromatic nitrogens is 1. The second-order valence-corrected chi connectivity index (χ2v) is 6.43. The zero-order chi connectivity index (χ0) is 15.0. The van der Waals surface area contributed by atoms with Crippen LogP contribution in [0.4, 0.5) is 0 Å². The van der Waals surface area contributed by atoms with Crippen molar-refractivity contribution in [2.45, 2.75) is 25.4 Å². The van der Waals surface area contributed by atoms with Crippen molar-refractivity contribution in [2.24, 2.45) is 0 Å². The van der Waals surface area contributed by atoms with Crippen molar-refractivity contribution >= 4 is 21.8 Å². The number of benzene rings is 1. The minimum atomic E-state index is -0.00376. The summed E-state index contributed by atoms with van der Waals surface area (Å²) in [7, 11) is 1.78. The molecule has 0 atom stereocenters. The number of carbonyl (C=O) groups is 1. The third-order valence-electron chi connectivity index (χ3n) is 3.65. The largest absolute Gasteiger partial charge is 0.508 e. The average molecular weight is 349 g/mol. The van der Waals surface area contributed by atoms with Crippen LogP contribution in [0.5, 0.6) is 5.75 Å². The van der Waals surface area contributed by atoms with Gasteiger partial charge in [0.15, 0.2) is 0 Å². The van der Waals surface area contributed by atoms with E-state index in [1.807, 2.05) is 18.3 Å². The van der Waals surface area contributed by atoms with Crippen LogP contribution >= 0.6 is 15.9 Å². The van der Waals surface area contributed by atoms with Crippen LogP contribution < -0.4 is 0 Å². The Morgan fingerprint density at radius 1 is 1.43 bits per heavy atom. The molecule has 0 aliphatic heterocycles. The molecule has 1 aromatic carbocycles. The third kappa shape index (κ3) is 3.13. The van der Waals surface area contributed by atoms with Crippen molar-refractivity contribution in [3.05, 3.63) is 52.3 Å². The van der Waals surface area contributed by atoms with Crippen LogP contribution in [-0.2, 0) is 6.54 Å². The standard InChI is InChI=1S/C16H17BrN2O2/c1-18(9-11-3-2-4-14(20)7-11)16(21)15-8-12(17)10-19(15)13-5-6-13/h2-4,7-8,10,13,20H,5-6,9H2,1H3. The van der Waals surface area contributed by atoms with Gasteiger partial charge in [-0.05, 0) is 52.5 Å². The molecule has 0 unspecified atom stereocenters. The molecule has 4 nitrogen and oxygen atoms in total. The maximum Gasteiger partial charge on any atom is 0.270 e. The van der Waals surface area contributed by atoms with Gasteiger partial charge in [0.2, 0.25) is 0 Å². The van der Waals surface area contributed by atoms with Crippen molar-refractivity contribution in [2.75, 3.05) is 7.05 Å². The number of phenolic OH excluding ortho intramolecular Hbond substituents is 1. The van der Waals surface area contributed by atoms with Crippen molar-refractivity contribution < 1.29 is 9.90 Å². The van der Waals surface area contributed by atoms with Crippen LogP contribution in [0.2, 0.25) is 0 Å². The van der Waals surface area contributed by atoms with Crippen LogP contribution in [0.25, 0.3) is 0 Å². The lowest BCUT2D eigenvalue weighted by atomic mass is 10.2. The van der Waals surface area contributed by atoms with Gasteiger partial charge in [-0.2, -0.15) is 0 Å². The molecule has 0 saturated heterocycles. The Labute approximate surface area is 132 Å². The molecule has 1 fully saturated rings. The van der Waals surface area contributed by atoms with Crippen LogP contribution in [0.15, 0.2) is 41.0 Å². The minimum Gasteiger partial charge on any atom is -0.508 e. The van der Waals surface area contributed by atoms with Gasteiger partial charge in [0, 0.05) is 30.3 Å². The van der Waals surface area contributed by atoms with Gasteiger partial charge < -0.3 is 14.6 Å². The second-order valence-electron chi connectivity index (χ2n) is 5.51. The lowest BCUT2D eigenvalue weighted by molar-refractivity contribution is 0.0774. The summed E-state index contributed by atoms with van der Waals surface area (Å²) in [5.74, 6) is 0.216. The Hall–Kier alpha value is -1.75. The summed E-state index contributed by atoms with van der Waals surface area (Å²) in [6.45, 7) is 0.473. The van der Waals surface area contributed by atoms with E-state index >= 15 is 0 Å². The van der Waals surface area contributed by atoms with E-state index in [0.29, 0.717) is 18.3 Å². The highest BCUT2D eigenvalue weighted by Gasteiger charge is 2.28. The highest BCUT2D eigenvalue weighted by molar-refractivity contribution is 9.10. The fourth-order valence-electron chi connectivity index (χ4n) is 2.47. The molecule has 0 bridgehead atoms. The predicted molar refractivity (Wildman–Crippen MR) is 84.3 cm³/mol. The van der Waals surface area contributed by atoms with Gasteiger partial charge in [0.25, 0.3) is 5.91 Å². The molecule has 1 N–H and O–H groups in total. The summed E-state index contributed by atoms with van der Waals surface area (Å²) >= 11 is 3.45. The highest BCUT2D eigenvalue weighted by atomic mass is 79.9. The van der Waals surface area contributed by atoms with Gasteiger partial charge in [-0.3, -0.25) is 4.79 Å². The summed E-state index contributed by atoms with van der Waals surface area (Å²) < 4.78 is 2.99. The molecule has 1 aliphatic rings. The van der Waals surface area contributed by atoms with E-state index in [1.165, 1.54) is 0 Å². The Bertz CT molecular complexity index is 677. The Balaban J connectivity index is 1.78. The fourth-order valence-corrected chi connectivity index (χ4v) is 2.91. The lowest BCUT2D eigenvalue weighted by Crippen LogP contribution is -2.28. The van der Waals surface area contributed by atoms with Gasteiger partial charge in [-0.25, -0.2) is 0 Å². The predicted octanol–water partition coefficient (Wildman–Crippen LogP) is 3.56. The Morgan fingerprint density at radius 2 is 2.19 bits per heavy atom. The second kappa shape index (κ2) is 5.56. The average Bonchev–Trinajstić information content (AvgIpc) is 3.21. The van der Waals surface area contributed by atoms with Crippen LogP contribution in [0.3, 0.4) is 0 Å². The number of aromatic hydroxyl groups is 1. The van der Waals surface area contributed by atoms with Gasteiger partial charge in [-0.1, -0.05) is 12.1 Å². The summed E-state index contributed by atoms with van der Waals surface area (Å²) in [5, 5.41) is 9.50. The van der Waals surface area contributed by atoms with E-state index in [1.54, 1.807) is 30.1 Å². The summed E-state index contributed by atoms with van der Waals surface area (Å²) in [6.07, 6.45) is 4.25. The molecule has 1 heterocycles. The lowest BCUT2D eigenvalue weighted by Gasteiger charge is -2.18. The molecule has 1 aromatic heterocycles. The third-order valence-corrected chi connectivity index (χ3v) is 4.09. The van der Waals surface area contributed by atoms with E-state index in [9.17, 15) is 9.90 Å². The van der Waals surface area contributed by atoms with Crippen LogP contribution in [0, 0.1) is 0 Å². The van der Waals surface area contributed by atoms with E-state index in [2.05, 4.69) is 20.5 Å². The zero-order valence-corrected chi connectivity index (χ0v) is 13.4. The van der Waals surface area contributed by atoms with E-state index in [4.69, 9.17) is 0 Å². The molecular weight excluding hydrogens is 332 g/mol. The molecular formula is C16H17BrN2O2. The molecule has 0 spiro atoms. The number of nitrogens with zero attached hydrogens (tertiary/aromatic N) is 2. The number of phenols is 1. The molecule has 5 heteroatoms. The van der Waals surface area contributed by atoms with E-state index < -0.39 is 0 Å². The summed E-state index contributed by atoms with van der Waals surface area (Å²) in [4.78, 5) is 14.3. The van der Waals surface area contributed by atoms with Gasteiger partial charge in [0.1, 0.15) is 11.4 Å². The number of halogens is 1. The van der Waals surface area contributed by atoms with E-state index in [0.717, 1.165) is 22.9 Å². The molecule has 1 amide bonds. The van der Waals surface area contributed by atoms with Crippen molar-refractivity contribution in [3.8, 4) is 5.75 Å². The van der Waals surface area contributed by atoms with E-state index in [-0.39, 0.29) is 11.7 Å². The summed E-state index contributed by atoms with van der Waals surface area (Å²) in [5.41, 5.74) is 1.63. The van der Waals surface area contributed by atoms with Crippen LogP contribution in [-0.4, -0.2) is 27.5 Å². The molecule has 2 aromatic rings. The summed E-state index contributed by atoms with van der Waals surface area (Å²) in [6, 6.07) is 9.33. The number of rotatable bonds is 4. The minimum absolute atomic E-state index is 0.00376. The molecule has 1 saturated carbocycles. The molecule has 110 valence electrons. The number of hydrogen-bond donors (Lipinski definition) is 1. The number of carbonyl (C=O) groups excluding carboxylic acids is 1. The first kappa shape index (κ1) is 14.2. The molecule has 0 radical (unpaired) electrons. The van der Waals surface area contributed by atoms with Gasteiger partial charge >= 0.3 is 0 Å². The normalized spacial score (nSPS) is 14.2. The van der Waals surface area contributed by atoms with Gasteiger partial charge in [0.05, 0.1) is 0 Å². The molecule has 21 heavy (non-hydrogen) atoms. The van der Waals surface area contributed by atoms with Crippen LogP contribution in [0.1, 0.15) is 34.9 Å². The number of hydrogen-bond acceptors (Lipinski definition) is 2. The number of amides is 1. The first-order chi connectivity index (χ1) is 10.0. The Morgan fingerprint density at radius 3 is 2.86 bits per heavy atom. The highest BCUT2D eigenvalue weighted by Crippen LogP contribution is 2.37. The first-order valence-electron chi connectivity index (χ1n) is 6.95. The van der Waals surface area contributed by atoms with Crippen molar-refractivity contribution in [3.63, 3.8) is 0 Å². The SMILES string of the molecule is CN(Cc1cccc(O)c1)C(=O)c1cc(Br)cn1C1CC1. The molecule has 1 aliphatic carbocycles. The smallest absolute Gasteiger partial charge is 0.270 e. The first-order valence-corrected chi connectivity index (χ1v) is 7.74. The van der Waals surface area contributed by atoms with Crippen molar-refractivity contribution in [1.29, 1.82) is 0 Å². The monoisotopic (exact) mass is 348 g/mol. The van der Waals surface area contributed by atoms with Crippen molar-refractivity contribution in [1.82, 2.24) is 9.47 Å². The topological polar surface area (TPSA) is 45.5 Å². The fraction of sp³-hybridized carbons (Fsp3) is 0.312. The van der Waals surface area contributed by atoms with Gasteiger partial charge in [-0.15, -0.1) is 0 Å². The maximum atomic E-state index is 12.6. The maximum absolute atomic E-state index is 12.6.